The van der Waals surface area contributed by atoms with Crippen molar-refractivity contribution in [1.82, 2.24) is 4.90 Å². The molecule has 1 heterocycles. The van der Waals surface area contributed by atoms with E-state index in [9.17, 15) is 4.79 Å². The van der Waals surface area contributed by atoms with Gasteiger partial charge in [-0.2, -0.15) is 0 Å². The second kappa shape index (κ2) is 9.12. The summed E-state index contributed by atoms with van der Waals surface area (Å²) in [5.74, 6) is 2.66. The number of rotatable bonds is 8. The van der Waals surface area contributed by atoms with Gasteiger partial charge in [-0.1, -0.05) is 6.92 Å². The number of hydrogen-bond donors (Lipinski definition) is 0. The second-order valence-electron chi connectivity index (χ2n) is 6.38. The monoisotopic (exact) mass is 423 g/mol. The molecule has 1 aromatic carbocycles. The quantitative estimate of drug-likeness (QED) is 0.585. The van der Waals surface area contributed by atoms with Crippen LogP contribution < -0.4 is 9.47 Å². The summed E-state index contributed by atoms with van der Waals surface area (Å²) in [6.45, 7) is 8.89. The van der Waals surface area contributed by atoms with Crippen LogP contribution in [0.5, 0.6) is 11.5 Å². The molecule has 0 aliphatic heterocycles. The van der Waals surface area contributed by atoms with Crippen LogP contribution in [0, 0.1) is 6.92 Å². The van der Waals surface area contributed by atoms with E-state index in [-0.39, 0.29) is 11.9 Å². The summed E-state index contributed by atoms with van der Waals surface area (Å²) in [4.78, 5) is 14.9. The maximum Gasteiger partial charge on any atom is 0.254 e. The number of hydrogen-bond acceptors (Lipinski definition) is 4. The Morgan fingerprint density at radius 2 is 2.04 bits per heavy atom. The zero-order valence-corrected chi connectivity index (χ0v) is 17.6. The second-order valence-corrected chi connectivity index (χ2v) is 7.23. The lowest BCUT2D eigenvalue weighted by molar-refractivity contribution is 0.0675. The molecule has 0 unspecified atom stereocenters. The van der Waals surface area contributed by atoms with E-state index in [1.807, 2.05) is 39.8 Å². The van der Waals surface area contributed by atoms with Gasteiger partial charge in [0.1, 0.15) is 11.5 Å². The number of methoxy groups -OCH3 is 1. The smallest absolute Gasteiger partial charge is 0.254 e. The van der Waals surface area contributed by atoms with E-state index in [1.165, 1.54) is 0 Å². The number of aryl methyl sites for hydroxylation is 1. The molecule has 0 bridgehead atoms. The van der Waals surface area contributed by atoms with E-state index in [1.54, 1.807) is 24.1 Å². The van der Waals surface area contributed by atoms with Crippen LogP contribution in [0.2, 0.25) is 0 Å². The maximum atomic E-state index is 13.1. The minimum Gasteiger partial charge on any atom is -0.493 e. The molecule has 0 saturated carbocycles. The molecular weight excluding hydrogens is 398 g/mol. The van der Waals surface area contributed by atoms with Crippen molar-refractivity contribution < 1.29 is 18.7 Å². The number of halogens is 1. The Balaban J connectivity index is 2.31. The summed E-state index contributed by atoms with van der Waals surface area (Å²) in [5.41, 5.74) is 0.537. The lowest BCUT2D eigenvalue weighted by Crippen LogP contribution is -2.36. The van der Waals surface area contributed by atoms with E-state index in [2.05, 4.69) is 15.9 Å². The van der Waals surface area contributed by atoms with Crippen LogP contribution in [0.3, 0.4) is 0 Å². The first kappa shape index (κ1) is 20.4. The highest BCUT2D eigenvalue weighted by atomic mass is 79.9. The van der Waals surface area contributed by atoms with Crippen molar-refractivity contribution in [2.45, 2.75) is 46.7 Å². The third-order valence-electron chi connectivity index (χ3n) is 3.93. The molecule has 0 aliphatic rings. The normalized spacial score (nSPS) is 10.9. The van der Waals surface area contributed by atoms with Crippen LogP contribution in [-0.4, -0.2) is 30.6 Å². The predicted molar refractivity (Wildman–Crippen MR) is 105 cm³/mol. The Morgan fingerprint density at radius 3 is 2.58 bits per heavy atom. The highest BCUT2D eigenvalue weighted by Crippen LogP contribution is 2.37. The fourth-order valence-corrected chi connectivity index (χ4v) is 3.14. The molecule has 1 amide bonds. The zero-order valence-electron chi connectivity index (χ0n) is 16.0. The molecule has 0 N–H and O–H groups in total. The van der Waals surface area contributed by atoms with Gasteiger partial charge in [-0.3, -0.25) is 4.79 Å². The largest absolute Gasteiger partial charge is 0.493 e. The van der Waals surface area contributed by atoms with Crippen LogP contribution in [0.15, 0.2) is 33.2 Å². The Hall–Kier alpha value is -1.95. The molecule has 6 heteroatoms. The zero-order chi connectivity index (χ0) is 19.3. The predicted octanol–water partition coefficient (Wildman–Crippen LogP) is 5.20. The number of benzene rings is 1. The van der Waals surface area contributed by atoms with Gasteiger partial charge in [0.25, 0.3) is 5.91 Å². The molecular formula is C20H26BrNO4. The van der Waals surface area contributed by atoms with E-state index in [4.69, 9.17) is 13.9 Å². The third-order valence-corrected chi connectivity index (χ3v) is 4.52. The molecule has 2 aromatic rings. The molecule has 5 nitrogen and oxygen atoms in total. The van der Waals surface area contributed by atoms with E-state index < -0.39 is 0 Å². The van der Waals surface area contributed by atoms with Crippen LogP contribution >= 0.6 is 15.9 Å². The number of ether oxygens (including phenoxy) is 2. The Bertz CT molecular complexity index is 754. The first-order chi connectivity index (χ1) is 12.4. The number of furan rings is 1. The third kappa shape index (κ3) is 4.81. The Morgan fingerprint density at radius 1 is 1.31 bits per heavy atom. The van der Waals surface area contributed by atoms with Crippen molar-refractivity contribution in [3.05, 3.63) is 45.8 Å². The van der Waals surface area contributed by atoms with Gasteiger partial charge in [0, 0.05) is 11.6 Å². The van der Waals surface area contributed by atoms with Gasteiger partial charge >= 0.3 is 0 Å². The molecule has 26 heavy (non-hydrogen) atoms. The fourth-order valence-electron chi connectivity index (χ4n) is 2.58. The molecule has 0 atom stereocenters. The van der Waals surface area contributed by atoms with Gasteiger partial charge in [0.15, 0.2) is 11.5 Å². The Kier molecular flexibility index (Phi) is 7.14. The lowest BCUT2D eigenvalue weighted by atomic mass is 10.1. The van der Waals surface area contributed by atoms with Crippen LogP contribution in [0.4, 0.5) is 0 Å². The Labute approximate surface area is 163 Å². The van der Waals surface area contributed by atoms with Crippen molar-refractivity contribution in [2.75, 3.05) is 13.7 Å². The van der Waals surface area contributed by atoms with Crippen molar-refractivity contribution in [1.29, 1.82) is 0 Å². The van der Waals surface area contributed by atoms with Gasteiger partial charge in [0.2, 0.25) is 0 Å². The van der Waals surface area contributed by atoms with E-state index in [0.717, 1.165) is 17.9 Å². The SMILES string of the molecule is CCCOc1c(Br)cc(C(=O)N(Cc2ccc(C)o2)C(C)C)cc1OC. The molecule has 0 radical (unpaired) electrons. The lowest BCUT2D eigenvalue weighted by Gasteiger charge is -2.26. The number of amides is 1. The number of carbonyl (C=O) groups excluding carboxylic acids is 1. The highest BCUT2D eigenvalue weighted by molar-refractivity contribution is 9.10. The van der Waals surface area contributed by atoms with Crippen LogP contribution in [-0.2, 0) is 6.54 Å². The van der Waals surface area contributed by atoms with Crippen molar-refractivity contribution in [3.8, 4) is 11.5 Å². The van der Waals surface area contributed by atoms with E-state index >= 15 is 0 Å². The summed E-state index contributed by atoms with van der Waals surface area (Å²) in [5, 5.41) is 0. The summed E-state index contributed by atoms with van der Waals surface area (Å²) in [6.07, 6.45) is 0.889. The molecule has 0 spiro atoms. The molecule has 1 aromatic heterocycles. The summed E-state index contributed by atoms with van der Waals surface area (Å²) < 4.78 is 17.5. The van der Waals surface area contributed by atoms with Gasteiger partial charge in [0.05, 0.1) is 24.7 Å². The van der Waals surface area contributed by atoms with Crippen LogP contribution in [0.25, 0.3) is 0 Å². The summed E-state index contributed by atoms with van der Waals surface area (Å²) in [6, 6.07) is 7.32. The fraction of sp³-hybridized carbons (Fsp3) is 0.450. The molecule has 142 valence electrons. The van der Waals surface area contributed by atoms with Gasteiger partial charge in [-0.15, -0.1) is 0 Å². The molecule has 0 fully saturated rings. The molecule has 0 aliphatic carbocycles. The van der Waals surface area contributed by atoms with Gasteiger partial charge in [-0.05, 0) is 67.4 Å². The minimum absolute atomic E-state index is 0.0219. The van der Waals surface area contributed by atoms with Crippen molar-refractivity contribution in [2.24, 2.45) is 0 Å². The van der Waals surface area contributed by atoms with Gasteiger partial charge < -0.3 is 18.8 Å². The standard InChI is InChI=1S/C20H26BrNO4/c1-6-9-25-19-17(21)10-15(11-18(19)24-5)20(23)22(13(2)3)12-16-8-7-14(4)26-16/h7-8,10-11,13H,6,9,12H2,1-5H3. The first-order valence-corrected chi connectivity index (χ1v) is 9.53. The summed E-state index contributed by atoms with van der Waals surface area (Å²) in [7, 11) is 1.57. The minimum atomic E-state index is -0.0879. The average molecular weight is 424 g/mol. The first-order valence-electron chi connectivity index (χ1n) is 8.74. The van der Waals surface area contributed by atoms with Crippen LogP contribution in [0.1, 0.15) is 49.1 Å². The highest BCUT2D eigenvalue weighted by Gasteiger charge is 2.23. The van der Waals surface area contributed by atoms with E-state index in [0.29, 0.717) is 34.7 Å². The number of nitrogens with zero attached hydrogens (tertiary/aromatic N) is 1. The summed E-state index contributed by atoms with van der Waals surface area (Å²) >= 11 is 3.50. The molecule has 0 saturated heterocycles. The molecule has 2 rings (SSSR count). The topological polar surface area (TPSA) is 51.9 Å². The average Bonchev–Trinajstić information content (AvgIpc) is 3.02. The number of carbonyl (C=O) groups is 1. The van der Waals surface area contributed by atoms with Crippen molar-refractivity contribution in [3.63, 3.8) is 0 Å². The van der Waals surface area contributed by atoms with Crippen molar-refractivity contribution >= 4 is 21.8 Å². The maximum absolute atomic E-state index is 13.1. The van der Waals surface area contributed by atoms with Gasteiger partial charge in [-0.25, -0.2) is 0 Å².